The highest BCUT2D eigenvalue weighted by atomic mass is 32.2. The maximum absolute atomic E-state index is 11.8. The van der Waals surface area contributed by atoms with Crippen molar-refractivity contribution in [3.8, 4) is 11.5 Å². The Morgan fingerprint density at radius 1 is 1.00 bits per heavy atom. The average Bonchev–Trinajstić information content (AvgIpc) is 2.56. The number of anilines is 1. The first-order valence-electron chi connectivity index (χ1n) is 8.24. The highest BCUT2D eigenvalue weighted by Crippen LogP contribution is 2.31. The number of fused-ring (bicyclic) bond motifs is 1. The molecule has 0 aliphatic heterocycles. The lowest BCUT2D eigenvalue weighted by molar-refractivity contribution is 0.488. The van der Waals surface area contributed by atoms with Gasteiger partial charge >= 0.3 is 0 Å². The van der Waals surface area contributed by atoms with E-state index in [1.54, 1.807) is 24.3 Å². The third kappa shape index (κ3) is 4.31. The van der Waals surface area contributed by atoms with Crippen LogP contribution in [0.15, 0.2) is 60.7 Å². The van der Waals surface area contributed by atoms with E-state index < -0.39 is 10.0 Å². The molecule has 3 aromatic rings. The standard InChI is InChI=1S/C20H21NO3S/c1-3-13-25(22,23)21-17-8-10-18(11-9-17)24-20-6-4-5-16-14-15(2)7-12-19(16)20/h4-12,14,21H,3,13H2,1-2H3. The van der Waals surface area contributed by atoms with Gasteiger partial charge in [0.25, 0.3) is 0 Å². The molecule has 3 aromatic carbocycles. The Bertz CT molecular complexity index is 979. The molecule has 3 rings (SSSR count). The van der Waals surface area contributed by atoms with Gasteiger partial charge in [0.2, 0.25) is 10.0 Å². The third-order valence-corrected chi connectivity index (χ3v) is 5.32. The lowest BCUT2D eigenvalue weighted by Crippen LogP contribution is -2.15. The van der Waals surface area contributed by atoms with Crippen LogP contribution in [0.25, 0.3) is 10.8 Å². The number of hydrogen-bond donors (Lipinski definition) is 1. The van der Waals surface area contributed by atoms with Crippen molar-refractivity contribution in [1.82, 2.24) is 0 Å². The second-order valence-corrected chi connectivity index (χ2v) is 7.87. The van der Waals surface area contributed by atoms with E-state index in [2.05, 4.69) is 29.8 Å². The van der Waals surface area contributed by atoms with Gasteiger partial charge in [-0.25, -0.2) is 8.42 Å². The van der Waals surface area contributed by atoms with Crippen LogP contribution in [0.1, 0.15) is 18.9 Å². The summed E-state index contributed by atoms with van der Waals surface area (Å²) in [5, 5.41) is 2.17. The van der Waals surface area contributed by atoms with E-state index >= 15 is 0 Å². The van der Waals surface area contributed by atoms with Crippen molar-refractivity contribution in [3.05, 3.63) is 66.2 Å². The molecule has 0 spiro atoms. The number of benzene rings is 3. The van der Waals surface area contributed by atoms with Crippen LogP contribution in [-0.2, 0) is 10.0 Å². The fourth-order valence-electron chi connectivity index (χ4n) is 2.68. The first-order valence-corrected chi connectivity index (χ1v) is 9.90. The van der Waals surface area contributed by atoms with Crippen molar-refractivity contribution < 1.29 is 13.2 Å². The van der Waals surface area contributed by atoms with Gasteiger partial charge in [-0.15, -0.1) is 0 Å². The van der Waals surface area contributed by atoms with E-state index in [9.17, 15) is 8.42 Å². The number of ether oxygens (including phenoxy) is 1. The van der Waals surface area contributed by atoms with E-state index in [4.69, 9.17) is 4.74 Å². The number of hydrogen-bond acceptors (Lipinski definition) is 3. The lowest BCUT2D eigenvalue weighted by atomic mass is 10.1. The second kappa shape index (κ2) is 7.15. The molecule has 0 aliphatic rings. The van der Waals surface area contributed by atoms with Crippen molar-refractivity contribution in [2.45, 2.75) is 20.3 Å². The minimum atomic E-state index is -3.28. The van der Waals surface area contributed by atoms with Crippen LogP contribution in [0.3, 0.4) is 0 Å². The molecule has 0 fully saturated rings. The normalized spacial score (nSPS) is 11.4. The molecule has 130 valence electrons. The van der Waals surface area contributed by atoms with Gasteiger partial charge < -0.3 is 4.74 Å². The van der Waals surface area contributed by atoms with E-state index in [1.807, 2.05) is 25.1 Å². The summed E-state index contributed by atoms with van der Waals surface area (Å²) in [6.45, 7) is 3.90. The number of nitrogens with one attached hydrogen (secondary N) is 1. The topological polar surface area (TPSA) is 55.4 Å². The molecule has 25 heavy (non-hydrogen) atoms. The predicted octanol–water partition coefficient (Wildman–Crippen LogP) is 5.09. The largest absolute Gasteiger partial charge is 0.457 e. The van der Waals surface area contributed by atoms with Gasteiger partial charge in [-0.2, -0.15) is 0 Å². The fraction of sp³-hybridized carbons (Fsp3) is 0.200. The van der Waals surface area contributed by atoms with Crippen molar-refractivity contribution in [3.63, 3.8) is 0 Å². The number of sulfonamides is 1. The van der Waals surface area contributed by atoms with E-state index in [1.165, 1.54) is 5.56 Å². The zero-order valence-corrected chi connectivity index (χ0v) is 15.1. The van der Waals surface area contributed by atoms with Crippen molar-refractivity contribution >= 4 is 26.5 Å². The van der Waals surface area contributed by atoms with Crippen molar-refractivity contribution in [1.29, 1.82) is 0 Å². The van der Waals surface area contributed by atoms with Gasteiger partial charge in [0.05, 0.1) is 5.75 Å². The monoisotopic (exact) mass is 355 g/mol. The Hall–Kier alpha value is -2.53. The highest BCUT2D eigenvalue weighted by Gasteiger charge is 2.09. The summed E-state index contributed by atoms with van der Waals surface area (Å²) in [5.74, 6) is 1.55. The van der Waals surface area contributed by atoms with Crippen LogP contribution in [0.4, 0.5) is 5.69 Å². The van der Waals surface area contributed by atoms with Crippen LogP contribution in [0.5, 0.6) is 11.5 Å². The zero-order valence-electron chi connectivity index (χ0n) is 14.3. The summed E-state index contributed by atoms with van der Waals surface area (Å²) in [4.78, 5) is 0. The SMILES string of the molecule is CCCS(=O)(=O)Nc1ccc(Oc2cccc3cc(C)ccc23)cc1. The molecular weight excluding hydrogens is 334 g/mol. The first kappa shape index (κ1) is 17.3. The van der Waals surface area contributed by atoms with Gasteiger partial charge in [0.15, 0.2) is 0 Å². The molecule has 5 heteroatoms. The van der Waals surface area contributed by atoms with Gasteiger partial charge in [0.1, 0.15) is 11.5 Å². The van der Waals surface area contributed by atoms with Crippen molar-refractivity contribution in [2.24, 2.45) is 0 Å². The summed E-state index contributed by atoms with van der Waals surface area (Å²) < 4.78 is 32.2. The molecular formula is C20H21NO3S. The van der Waals surface area contributed by atoms with Gasteiger partial charge in [0, 0.05) is 11.1 Å². The molecule has 0 radical (unpaired) electrons. The summed E-state index contributed by atoms with van der Waals surface area (Å²) >= 11 is 0. The smallest absolute Gasteiger partial charge is 0.232 e. The molecule has 0 bridgehead atoms. The van der Waals surface area contributed by atoms with Crippen LogP contribution < -0.4 is 9.46 Å². The maximum Gasteiger partial charge on any atom is 0.232 e. The minimum Gasteiger partial charge on any atom is -0.457 e. The molecule has 0 saturated carbocycles. The number of rotatable bonds is 6. The highest BCUT2D eigenvalue weighted by molar-refractivity contribution is 7.92. The van der Waals surface area contributed by atoms with Gasteiger partial charge in [-0.1, -0.05) is 42.8 Å². The number of aryl methyl sites for hydroxylation is 1. The Balaban J connectivity index is 1.80. The molecule has 0 aliphatic carbocycles. The summed E-state index contributed by atoms with van der Waals surface area (Å²) in [6, 6.07) is 19.1. The molecule has 0 unspecified atom stereocenters. The van der Waals surface area contributed by atoms with Crippen LogP contribution in [0.2, 0.25) is 0 Å². The van der Waals surface area contributed by atoms with Crippen LogP contribution in [-0.4, -0.2) is 14.2 Å². The van der Waals surface area contributed by atoms with E-state index in [-0.39, 0.29) is 5.75 Å². The molecule has 0 heterocycles. The van der Waals surface area contributed by atoms with E-state index in [0.29, 0.717) is 17.9 Å². The molecule has 0 aromatic heterocycles. The Labute approximate surface area is 148 Å². The molecule has 1 N–H and O–H groups in total. The quantitative estimate of drug-likeness (QED) is 0.670. The maximum atomic E-state index is 11.8. The molecule has 4 nitrogen and oxygen atoms in total. The summed E-state index contributed by atoms with van der Waals surface area (Å²) in [7, 11) is -3.28. The summed E-state index contributed by atoms with van der Waals surface area (Å²) in [6.07, 6.45) is 0.580. The Morgan fingerprint density at radius 2 is 1.76 bits per heavy atom. The predicted molar refractivity (Wildman–Crippen MR) is 103 cm³/mol. The van der Waals surface area contributed by atoms with Gasteiger partial charge in [-0.3, -0.25) is 4.72 Å². The molecule has 0 amide bonds. The zero-order chi connectivity index (χ0) is 17.9. The third-order valence-electron chi connectivity index (χ3n) is 3.82. The van der Waals surface area contributed by atoms with E-state index in [0.717, 1.165) is 16.5 Å². The Kier molecular flexibility index (Phi) is 4.95. The summed E-state index contributed by atoms with van der Waals surface area (Å²) in [5.41, 5.74) is 1.74. The molecule has 0 saturated heterocycles. The first-order chi connectivity index (χ1) is 12.0. The minimum absolute atomic E-state index is 0.112. The van der Waals surface area contributed by atoms with Crippen LogP contribution in [0, 0.1) is 6.92 Å². The Morgan fingerprint density at radius 3 is 2.48 bits per heavy atom. The molecule has 0 atom stereocenters. The van der Waals surface area contributed by atoms with Crippen molar-refractivity contribution in [2.75, 3.05) is 10.5 Å². The average molecular weight is 355 g/mol. The second-order valence-electron chi connectivity index (χ2n) is 6.03. The lowest BCUT2D eigenvalue weighted by Gasteiger charge is -2.11. The van der Waals surface area contributed by atoms with Crippen LogP contribution >= 0.6 is 0 Å². The fourth-order valence-corrected chi connectivity index (χ4v) is 3.81. The van der Waals surface area contributed by atoms with Gasteiger partial charge in [-0.05, 0) is 49.1 Å².